The molecule has 0 atom stereocenters. The zero-order valence-electron chi connectivity index (χ0n) is 21.0. The van der Waals surface area contributed by atoms with Gasteiger partial charge in [-0.15, -0.1) is 0 Å². The van der Waals surface area contributed by atoms with Crippen molar-refractivity contribution in [3.05, 3.63) is 99.4 Å². The third kappa shape index (κ3) is 6.74. The van der Waals surface area contributed by atoms with Crippen molar-refractivity contribution in [1.82, 2.24) is 9.66 Å². The monoisotopic (exact) mass is 720 g/mol. The molecule has 4 rings (SSSR count). The Bertz CT molecular complexity index is 1640. The molecule has 0 fully saturated rings. The molecule has 9 nitrogen and oxygen atoms in total. The van der Waals surface area contributed by atoms with Crippen molar-refractivity contribution < 1.29 is 14.4 Å². The lowest BCUT2D eigenvalue weighted by atomic mass is 10.1. The minimum atomic E-state index is -0.532. The maximum Gasteiger partial charge on any atom is 0.315 e. The van der Waals surface area contributed by atoms with Gasteiger partial charge >= 0.3 is 5.69 Å². The molecule has 39 heavy (non-hydrogen) atoms. The van der Waals surface area contributed by atoms with E-state index in [1.54, 1.807) is 25.1 Å². The minimum absolute atomic E-state index is 0.00915. The van der Waals surface area contributed by atoms with Gasteiger partial charge < -0.3 is 9.47 Å². The van der Waals surface area contributed by atoms with Gasteiger partial charge in [-0.05, 0) is 49.7 Å². The van der Waals surface area contributed by atoms with E-state index in [0.717, 1.165) is 25.4 Å². The van der Waals surface area contributed by atoms with Crippen molar-refractivity contribution in [1.29, 1.82) is 0 Å². The number of nitro groups is 1. The molecule has 3 aromatic carbocycles. The lowest BCUT2D eigenvalue weighted by molar-refractivity contribution is -0.386. The molecule has 0 spiro atoms. The lowest BCUT2D eigenvalue weighted by Gasteiger charge is -2.14. The third-order valence-electron chi connectivity index (χ3n) is 5.61. The number of nitrogens with zero attached hydrogens (tertiary/aromatic N) is 4. The lowest BCUT2D eigenvalue weighted by Crippen LogP contribution is -2.22. The number of aromatic nitrogens is 2. The molecule has 1 heterocycles. The smallest absolute Gasteiger partial charge is 0.315 e. The summed E-state index contributed by atoms with van der Waals surface area (Å²) in [7, 11) is 0. The SMILES string of the molecule is CCCc1nc2ccc(Br)cc2c(=O)n1N=Cc1cc(OCC)c(OCc2ccc(Br)cc2Br)c([N+](=O)[O-])c1. The summed E-state index contributed by atoms with van der Waals surface area (Å²) < 4.78 is 15.3. The predicted octanol–water partition coefficient (Wildman–Crippen LogP) is 7.40. The van der Waals surface area contributed by atoms with Gasteiger partial charge in [-0.3, -0.25) is 14.9 Å². The van der Waals surface area contributed by atoms with E-state index in [4.69, 9.17) is 9.47 Å². The minimum Gasteiger partial charge on any atom is -0.490 e. The predicted molar refractivity (Wildman–Crippen MR) is 161 cm³/mol. The number of nitro benzene ring substituents is 1. The highest BCUT2D eigenvalue weighted by Gasteiger charge is 2.23. The molecule has 4 aromatic rings. The molecule has 0 saturated carbocycles. The fraction of sp³-hybridized carbons (Fsp3) is 0.222. The molecule has 0 saturated heterocycles. The van der Waals surface area contributed by atoms with Gasteiger partial charge in [-0.1, -0.05) is 60.8 Å². The second-order valence-electron chi connectivity index (χ2n) is 8.38. The first-order valence-electron chi connectivity index (χ1n) is 12.0. The highest BCUT2D eigenvalue weighted by molar-refractivity contribution is 9.11. The fourth-order valence-electron chi connectivity index (χ4n) is 3.84. The molecule has 0 aliphatic heterocycles. The topological polar surface area (TPSA) is 109 Å². The molecule has 0 aliphatic carbocycles. The van der Waals surface area contributed by atoms with Gasteiger partial charge in [-0.2, -0.15) is 9.78 Å². The van der Waals surface area contributed by atoms with Crippen molar-refractivity contribution in [2.75, 3.05) is 6.61 Å². The van der Waals surface area contributed by atoms with Crippen LogP contribution in [0.1, 0.15) is 37.2 Å². The van der Waals surface area contributed by atoms with Crippen molar-refractivity contribution in [2.24, 2.45) is 5.10 Å². The van der Waals surface area contributed by atoms with Gasteiger partial charge in [0.1, 0.15) is 12.4 Å². The summed E-state index contributed by atoms with van der Waals surface area (Å²) in [5.41, 5.74) is 1.13. The van der Waals surface area contributed by atoms with E-state index < -0.39 is 4.92 Å². The van der Waals surface area contributed by atoms with Crippen LogP contribution in [-0.2, 0) is 13.0 Å². The largest absolute Gasteiger partial charge is 0.490 e. The molecule has 0 N–H and O–H groups in total. The maximum absolute atomic E-state index is 13.3. The molecule has 0 aliphatic rings. The highest BCUT2D eigenvalue weighted by Crippen LogP contribution is 2.39. The normalized spacial score (nSPS) is 11.3. The van der Waals surface area contributed by atoms with Crippen LogP contribution in [0.5, 0.6) is 11.5 Å². The first-order valence-corrected chi connectivity index (χ1v) is 14.4. The second kappa shape index (κ2) is 12.8. The Labute approximate surface area is 249 Å². The summed E-state index contributed by atoms with van der Waals surface area (Å²) >= 11 is 10.3. The number of rotatable bonds is 10. The molecule has 0 amide bonds. The standard InChI is InChI=1S/C27H23Br3N4O5/c1-3-5-25-32-22-9-8-18(28)12-20(22)27(35)33(25)31-14-16-10-23(34(36)37)26(24(11-16)38-4-2)39-15-17-6-7-19(29)13-21(17)30/h6-14H,3-5,15H2,1-2H3. The Kier molecular flexibility index (Phi) is 9.52. The average molecular weight is 723 g/mol. The Balaban J connectivity index is 1.76. The van der Waals surface area contributed by atoms with Crippen LogP contribution in [0.2, 0.25) is 0 Å². The van der Waals surface area contributed by atoms with E-state index in [1.165, 1.54) is 17.0 Å². The molecule has 1 aromatic heterocycles. The average Bonchev–Trinajstić information content (AvgIpc) is 2.89. The van der Waals surface area contributed by atoms with Gasteiger partial charge in [0, 0.05) is 37.0 Å². The van der Waals surface area contributed by atoms with Gasteiger partial charge in [0.15, 0.2) is 5.75 Å². The Hall–Kier alpha value is -3.09. The summed E-state index contributed by atoms with van der Waals surface area (Å²) in [5.74, 6) is 0.700. The number of aryl methyl sites for hydroxylation is 1. The molecular formula is C27H23Br3N4O5. The number of hydrogen-bond donors (Lipinski definition) is 0. The maximum atomic E-state index is 13.3. The molecule has 0 unspecified atom stereocenters. The van der Waals surface area contributed by atoms with E-state index in [2.05, 4.69) is 57.9 Å². The Morgan fingerprint density at radius 1 is 1.05 bits per heavy atom. The van der Waals surface area contributed by atoms with E-state index in [0.29, 0.717) is 28.7 Å². The number of ether oxygens (including phenoxy) is 2. The Morgan fingerprint density at radius 3 is 2.49 bits per heavy atom. The highest BCUT2D eigenvalue weighted by atomic mass is 79.9. The van der Waals surface area contributed by atoms with Crippen LogP contribution in [0.15, 0.2) is 71.8 Å². The third-order valence-corrected chi connectivity index (χ3v) is 7.34. The quantitative estimate of drug-likeness (QED) is 0.0959. The second-order valence-corrected chi connectivity index (χ2v) is 11.1. The first kappa shape index (κ1) is 28.9. The van der Waals surface area contributed by atoms with Crippen molar-refractivity contribution >= 4 is 70.6 Å². The van der Waals surface area contributed by atoms with Crippen molar-refractivity contribution in [2.45, 2.75) is 33.3 Å². The van der Waals surface area contributed by atoms with Gasteiger partial charge in [-0.25, -0.2) is 4.98 Å². The van der Waals surface area contributed by atoms with Crippen LogP contribution < -0.4 is 15.0 Å². The van der Waals surface area contributed by atoms with Crippen molar-refractivity contribution in [3.8, 4) is 11.5 Å². The van der Waals surface area contributed by atoms with Gasteiger partial charge in [0.25, 0.3) is 5.56 Å². The first-order chi connectivity index (χ1) is 18.7. The summed E-state index contributed by atoms with van der Waals surface area (Å²) in [4.78, 5) is 29.4. The fourth-order valence-corrected chi connectivity index (χ4v) is 5.36. The zero-order valence-corrected chi connectivity index (χ0v) is 25.7. The summed E-state index contributed by atoms with van der Waals surface area (Å²) in [6.45, 7) is 4.10. The zero-order chi connectivity index (χ0) is 28.1. The van der Waals surface area contributed by atoms with Crippen LogP contribution in [0, 0.1) is 10.1 Å². The van der Waals surface area contributed by atoms with E-state index in [-0.39, 0.29) is 36.0 Å². The van der Waals surface area contributed by atoms with Crippen LogP contribution in [-0.4, -0.2) is 27.4 Å². The summed E-state index contributed by atoms with van der Waals surface area (Å²) in [6.07, 6.45) is 2.67. The molecule has 202 valence electrons. The molecule has 0 radical (unpaired) electrons. The number of fused-ring (bicyclic) bond motifs is 1. The summed E-state index contributed by atoms with van der Waals surface area (Å²) in [5, 5.41) is 16.8. The van der Waals surface area contributed by atoms with E-state index in [9.17, 15) is 14.9 Å². The van der Waals surface area contributed by atoms with E-state index >= 15 is 0 Å². The van der Waals surface area contributed by atoms with Crippen molar-refractivity contribution in [3.63, 3.8) is 0 Å². The van der Waals surface area contributed by atoms with Gasteiger partial charge in [0.2, 0.25) is 5.75 Å². The summed E-state index contributed by atoms with van der Waals surface area (Å²) in [6, 6.07) is 13.8. The van der Waals surface area contributed by atoms with Crippen LogP contribution >= 0.6 is 47.8 Å². The van der Waals surface area contributed by atoms with Crippen LogP contribution in [0.25, 0.3) is 10.9 Å². The molecular weight excluding hydrogens is 700 g/mol. The number of benzene rings is 3. The van der Waals surface area contributed by atoms with E-state index in [1.807, 2.05) is 31.2 Å². The van der Waals surface area contributed by atoms with Gasteiger partial charge in [0.05, 0.1) is 28.6 Å². The van der Waals surface area contributed by atoms with Crippen LogP contribution in [0.4, 0.5) is 5.69 Å². The number of hydrogen-bond acceptors (Lipinski definition) is 7. The van der Waals surface area contributed by atoms with Crippen LogP contribution in [0.3, 0.4) is 0 Å². The Morgan fingerprint density at radius 2 is 1.79 bits per heavy atom. The molecule has 0 bridgehead atoms. The number of halogens is 3. The molecule has 12 heteroatoms.